The van der Waals surface area contributed by atoms with Crippen molar-refractivity contribution in [2.24, 2.45) is 0 Å². The van der Waals surface area contributed by atoms with E-state index in [0.717, 1.165) is 31.4 Å². The largest absolute Gasteiger partial charge is 0.425 e. The van der Waals surface area contributed by atoms with E-state index in [1.165, 1.54) is 0 Å². The third-order valence-electron chi connectivity index (χ3n) is 3.49. The highest BCUT2D eigenvalue weighted by Crippen LogP contribution is 2.21. The maximum atomic E-state index is 12.0. The average Bonchev–Trinajstić information content (AvgIpc) is 2.49. The number of esters is 1. The van der Waals surface area contributed by atoms with Crippen LogP contribution < -0.4 is 4.74 Å². The molecular formula is C16H21ClO4. The summed E-state index contributed by atoms with van der Waals surface area (Å²) in [5, 5.41) is 0.647. The van der Waals surface area contributed by atoms with Crippen LogP contribution in [-0.2, 0) is 14.3 Å². The lowest BCUT2D eigenvalue weighted by molar-refractivity contribution is -0.149. The molecule has 0 amide bonds. The van der Waals surface area contributed by atoms with Gasteiger partial charge in [-0.3, -0.25) is 0 Å². The van der Waals surface area contributed by atoms with Crippen molar-refractivity contribution in [1.82, 2.24) is 0 Å². The molecule has 0 spiro atoms. The number of carbonyl (C=O) groups excluding carboxylic acids is 1. The minimum absolute atomic E-state index is 0.0896. The van der Waals surface area contributed by atoms with Gasteiger partial charge in [0.15, 0.2) is 6.10 Å². The van der Waals surface area contributed by atoms with Crippen LogP contribution in [0.15, 0.2) is 18.2 Å². The zero-order valence-corrected chi connectivity index (χ0v) is 13.2. The van der Waals surface area contributed by atoms with Gasteiger partial charge in [0, 0.05) is 11.6 Å². The van der Waals surface area contributed by atoms with Crippen molar-refractivity contribution in [3.05, 3.63) is 28.8 Å². The molecule has 0 aliphatic carbocycles. The van der Waals surface area contributed by atoms with Crippen molar-refractivity contribution in [3.8, 4) is 5.75 Å². The van der Waals surface area contributed by atoms with E-state index in [2.05, 4.69) is 0 Å². The summed E-state index contributed by atoms with van der Waals surface area (Å²) in [5.41, 5.74) is 0.867. The van der Waals surface area contributed by atoms with Gasteiger partial charge in [0.2, 0.25) is 0 Å². The molecule has 0 aromatic heterocycles. The zero-order chi connectivity index (χ0) is 15.2. The normalized spacial score (nSPS) is 20.0. The van der Waals surface area contributed by atoms with E-state index in [1.54, 1.807) is 25.1 Å². The summed E-state index contributed by atoms with van der Waals surface area (Å²) in [5.74, 6) is 0.0683. The number of halogens is 1. The monoisotopic (exact) mass is 312 g/mol. The van der Waals surface area contributed by atoms with Crippen molar-refractivity contribution >= 4 is 17.6 Å². The summed E-state index contributed by atoms with van der Waals surface area (Å²) in [6.45, 7) is 4.75. The molecule has 0 saturated carbocycles. The number of ether oxygens (including phenoxy) is 3. The molecule has 4 nitrogen and oxygen atoms in total. The number of rotatable bonds is 5. The fourth-order valence-electron chi connectivity index (χ4n) is 2.14. The molecule has 1 aliphatic rings. The molecule has 116 valence electrons. The molecule has 0 N–H and O–H groups in total. The van der Waals surface area contributed by atoms with Crippen LogP contribution >= 0.6 is 11.6 Å². The Hall–Kier alpha value is -1.10. The second kappa shape index (κ2) is 7.78. The SMILES string of the molecule is Cc1cc(OC(=O)C(C)OCC2CCCCO2)ccc1Cl. The van der Waals surface area contributed by atoms with Gasteiger partial charge >= 0.3 is 5.97 Å². The first-order valence-corrected chi connectivity index (χ1v) is 7.65. The first-order valence-electron chi connectivity index (χ1n) is 7.27. The van der Waals surface area contributed by atoms with Crippen molar-refractivity contribution < 1.29 is 19.0 Å². The molecule has 1 aliphatic heterocycles. The van der Waals surface area contributed by atoms with Crippen molar-refractivity contribution in [2.45, 2.75) is 45.3 Å². The van der Waals surface area contributed by atoms with E-state index < -0.39 is 12.1 Å². The third kappa shape index (κ3) is 4.99. The van der Waals surface area contributed by atoms with E-state index in [-0.39, 0.29) is 6.10 Å². The molecule has 0 bridgehead atoms. The van der Waals surface area contributed by atoms with Gasteiger partial charge in [-0.1, -0.05) is 11.6 Å². The lowest BCUT2D eigenvalue weighted by atomic mass is 10.1. The number of aryl methyl sites for hydroxylation is 1. The molecular weight excluding hydrogens is 292 g/mol. The van der Waals surface area contributed by atoms with E-state index in [1.807, 2.05) is 6.92 Å². The smallest absolute Gasteiger partial charge is 0.340 e. The average molecular weight is 313 g/mol. The predicted octanol–water partition coefficient (Wildman–Crippen LogP) is 3.53. The van der Waals surface area contributed by atoms with E-state index in [9.17, 15) is 4.79 Å². The highest BCUT2D eigenvalue weighted by atomic mass is 35.5. The quantitative estimate of drug-likeness (QED) is 0.616. The van der Waals surface area contributed by atoms with Crippen molar-refractivity contribution in [2.75, 3.05) is 13.2 Å². The molecule has 2 atom stereocenters. The Morgan fingerprint density at radius 3 is 2.95 bits per heavy atom. The molecule has 1 saturated heterocycles. The summed E-state index contributed by atoms with van der Waals surface area (Å²) >= 11 is 5.94. The lowest BCUT2D eigenvalue weighted by Gasteiger charge is -2.23. The number of benzene rings is 1. The highest BCUT2D eigenvalue weighted by Gasteiger charge is 2.20. The number of hydrogen-bond donors (Lipinski definition) is 0. The maximum Gasteiger partial charge on any atom is 0.340 e. The fourth-order valence-corrected chi connectivity index (χ4v) is 2.26. The van der Waals surface area contributed by atoms with Crippen molar-refractivity contribution in [1.29, 1.82) is 0 Å². The van der Waals surface area contributed by atoms with Gasteiger partial charge < -0.3 is 14.2 Å². The molecule has 2 unspecified atom stereocenters. The molecule has 1 aromatic rings. The van der Waals surface area contributed by atoms with Gasteiger partial charge in [-0.25, -0.2) is 4.79 Å². The third-order valence-corrected chi connectivity index (χ3v) is 3.91. The molecule has 1 aromatic carbocycles. The maximum absolute atomic E-state index is 12.0. The first-order chi connectivity index (χ1) is 10.1. The van der Waals surface area contributed by atoms with Crippen LogP contribution in [0.4, 0.5) is 0 Å². The Kier molecular flexibility index (Phi) is 6.03. The minimum atomic E-state index is -0.619. The van der Waals surface area contributed by atoms with E-state index in [0.29, 0.717) is 17.4 Å². The Morgan fingerprint density at radius 2 is 2.29 bits per heavy atom. The molecule has 1 fully saturated rings. The molecule has 21 heavy (non-hydrogen) atoms. The Labute approximate surface area is 130 Å². The van der Waals surface area contributed by atoms with Gasteiger partial charge in [-0.15, -0.1) is 0 Å². The Balaban J connectivity index is 1.80. The van der Waals surface area contributed by atoms with Gasteiger partial charge in [-0.2, -0.15) is 0 Å². The summed E-state index contributed by atoms with van der Waals surface area (Å²) < 4.78 is 16.4. The van der Waals surface area contributed by atoms with Crippen LogP contribution in [0.3, 0.4) is 0 Å². The summed E-state index contributed by atoms with van der Waals surface area (Å²) in [6.07, 6.45) is 2.71. The lowest BCUT2D eigenvalue weighted by Crippen LogP contribution is -2.31. The molecule has 2 rings (SSSR count). The second-order valence-corrected chi connectivity index (χ2v) is 5.70. The highest BCUT2D eigenvalue weighted by molar-refractivity contribution is 6.31. The second-order valence-electron chi connectivity index (χ2n) is 5.30. The van der Waals surface area contributed by atoms with Crippen LogP contribution in [0, 0.1) is 6.92 Å². The van der Waals surface area contributed by atoms with Gasteiger partial charge in [-0.05, 0) is 56.9 Å². The van der Waals surface area contributed by atoms with Crippen molar-refractivity contribution in [3.63, 3.8) is 0 Å². The van der Waals surface area contributed by atoms with Gasteiger partial charge in [0.05, 0.1) is 12.7 Å². The van der Waals surface area contributed by atoms with Crippen LogP contribution in [-0.4, -0.2) is 31.4 Å². The number of hydrogen-bond acceptors (Lipinski definition) is 4. The summed E-state index contributed by atoms with van der Waals surface area (Å²) in [6, 6.07) is 5.11. The minimum Gasteiger partial charge on any atom is -0.425 e. The Morgan fingerprint density at radius 1 is 1.48 bits per heavy atom. The number of carbonyl (C=O) groups is 1. The van der Waals surface area contributed by atoms with Crippen LogP contribution in [0.5, 0.6) is 5.75 Å². The summed E-state index contributed by atoms with van der Waals surface area (Å²) in [7, 11) is 0. The predicted molar refractivity (Wildman–Crippen MR) is 80.8 cm³/mol. The van der Waals surface area contributed by atoms with E-state index in [4.69, 9.17) is 25.8 Å². The van der Waals surface area contributed by atoms with Crippen LogP contribution in [0.25, 0.3) is 0 Å². The van der Waals surface area contributed by atoms with E-state index >= 15 is 0 Å². The van der Waals surface area contributed by atoms with Crippen LogP contribution in [0.2, 0.25) is 5.02 Å². The summed E-state index contributed by atoms with van der Waals surface area (Å²) in [4.78, 5) is 12.0. The standard InChI is InChI=1S/C16H21ClO4/c1-11-9-13(6-7-15(11)17)21-16(18)12(2)20-10-14-5-3-4-8-19-14/h6-7,9,12,14H,3-5,8,10H2,1-2H3. The molecule has 0 radical (unpaired) electrons. The molecule has 1 heterocycles. The molecule has 5 heteroatoms. The van der Waals surface area contributed by atoms with Gasteiger partial charge in [0.25, 0.3) is 0 Å². The van der Waals surface area contributed by atoms with Crippen LogP contribution in [0.1, 0.15) is 31.7 Å². The Bertz CT molecular complexity index is 483. The fraction of sp³-hybridized carbons (Fsp3) is 0.562. The zero-order valence-electron chi connectivity index (χ0n) is 12.4. The topological polar surface area (TPSA) is 44.8 Å². The first kappa shape index (κ1) is 16.3. The van der Waals surface area contributed by atoms with Gasteiger partial charge in [0.1, 0.15) is 5.75 Å².